The van der Waals surface area contributed by atoms with Gasteiger partial charge >= 0.3 is 0 Å². The van der Waals surface area contributed by atoms with E-state index in [-0.39, 0.29) is 24.8 Å². The lowest BCUT2D eigenvalue weighted by atomic mass is 9.88. The van der Waals surface area contributed by atoms with E-state index < -0.39 is 29.7 Å². The number of methoxy groups -OCH3 is 1. The van der Waals surface area contributed by atoms with Gasteiger partial charge in [-0.3, -0.25) is 38.9 Å². The molecule has 0 radical (unpaired) electrons. The van der Waals surface area contributed by atoms with Gasteiger partial charge in [0.05, 0.1) is 41.7 Å². The Hall–Kier alpha value is -6.16. The van der Waals surface area contributed by atoms with E-state index in [1.165, 1.54) is 6.20 Å². The van der Waals surface area contributed by atoms with E-state index in [1.807, 2.05) is 18.2 Å². The highest BCUT2D eigenvalue weighted by Crippen LogP contribution is 2.37. The monoisotopic (exact) mass is 758 g/mol. The molecule has 5 amide bonds. The van der Waals surface area contributed by atoms with Crippen molar-refractivity contribution < 1.29 is 28.7 Å². The topological polar surface area (TPSA) is 176 Å². The van der Waals surface area contributed by atoms with Crippen molar-refractivity contribution in [2.75, 3.05) is 37.5 Å². The third-order valence-electron chi connectivity index (χ3n) is 12.1. The van der Waals surface area contributed by atoms with Crippen LogP contribution >= 0.6 is 0 Å². The molecule has 56 heavy (non-hydrogen) atoms. The van der Waals surface area contributed by atoms with E-state index in [4.69, 9.17) is 9.84 Å². The highest BCUT2D eigenvalue weighted by atomic mass is 16.5. The van der Waals surface area contributed by atoms with Crippen molar-refractivity contribution in [1.29, 1.82) is 0 Å². The van der Waals surface area contributed by atoms with Crippen molar-refractivity contribution in [3.8, 4) is 5.75 Å². The predicted molar refractivity (Wildman–Crippen MR) is 205 cm³/mol. The molecule has 288 valence electrons. The number of carbonyl (C=O) groups excluding carboxylic acids is 5. The number of nitrogens with zero attached hydrogens (tertiary/aromatic N) is 8. The molecule has 5 aromatic rings. The summed E-state index contributed by atoms with van der Waals surface area (Å²) in [5, 5.41) is 15.3. The largest absolute Gasteiger partial charge is 0.494 e. The van der Waals surface area contributed by atoms with Crippen LogP contribution in [0.4, 0.5) is 11.4 Å². The minimum Gasteiger partial charge on any atom is -0.494 e. The lowest BCUT2D eigenvalue weighted by molar-refractivity contribution is -0.136. The second kappa shape index (κ2) is 14.2. The number of aromatic nitrogens is 5. The first-order valence-electron chi connectivity index (χ1n) is 19.2. The van der Waals surface area contributed by atoms with Crippen LogP contribution in [0.3, 0.4) is 0 Å². The van der Waals surface area contributed by atoms with E-state index >= 15 is 0 Å². The molecule has 0 bridgehead atoms. The van der Waals surface area contributed by atoms with Crippen LogP contribution in [0.1, 0.15) is 88.5 Å². The lowest BCUT2D eigenvalue weighted by Crippen LogP contribution is -2.54. The number of imide groups is 2. The van der Waals surface area contributed by atoms with Gasteiger partial charge in [0, 0.05) is 67.3 Å². The number of nitrogens with one attached hydrogen (secondary N) is 2. The number of hydrogen-bond donors (Lipinski definition) is 2. The van der Waals surface area contributed by atoms with Crippen molar-refractivity contribution >= 4 is 57.5 Å². The quantitative estimate of drug-likeness (QED) is 0.220. The first-order valence-corrected chi connectivity index (χ1v) is 19.2. The van der Waals surface area contributed by atoms with Crippen LogP contribution in [0.2, 0.25) is 0 Å². The van der Waals surface area contributed by atoms with Gasteiger partial charge in [0.2, 0.25) is 11.8 Å². The average Bonchev–Trinajstić information content (AvgIpc) is 3.91. The molecule has 2 saturated heterocycles. The smallest absolute Gasteiger partial charge is 0.262 e. The molecule has 1 unspecified atom stereocenters. The standard InChI is InChI=1S/C40H42N10O6/c1-46(25-12-16-47(17-13-25)27-8-9-28-29(19-27)40(55)50(39(28)54)33-10-11-35(51)44-38(33)53)24-4-6-26(7-5-24)49-22-23-18-32(34(56-2)20-31(23)45-49)43-37(52)30-21-42-48-15-3-14-41-36(30)48/h3,8-9,14-15,18-22,24-26,33H,4-7,10-13,16-17H2,1-2H3,(H,43,52)(H,44,51,53). The molecule has 3 fully saturated rings. The second-order valence-corrected chi connectivity index (χ2v) is 15.1. The van der Waals surface area contributed by atoms with Gasteiger partial charge < -0.3 is 19.9 Å². The third kappa shape index (κ3) is 6.23. The Morgan fingerprint density at radius 1 is 0.946 bits per heavy atom. The summed E-state index contributed by atoms with van der Waals surface area (Å²) < 4.78 is 9.27. The summed E-state index contributed by atoms with van der Waals surface area (Å²) in [6, 6.07) is 11.0. The third-order valence-corrected chi connectivity index (χ3v) is 12.1. The van der Waals surface area contributed by atoms with Gasteiger partial charge in [0.1, 0.15) is 17.4 Å². The fraction of sp³-hybridized carbons (Fsp3) is 0.400. The number of benzene rings is 2. The molecule has 9 rings (SSSR count). The van der Waals surface area contributed by atoms with Crippen LogP contribution in [0.25, 0.3) is 16.6 Å². The molecule has 1 atom stereocenters. The molecule has 0 spiro atoms. The zero-order valence-corrected chi connectivity index (χ0v) is 31.2. The summed E-state index contributed by atoms with van der Waals surface area (Å²) in [5.74, 6) is -1.78. The van der Waals surface area contributed by atoms with Crippen LogP contribution in [0, 0.1) is 0 Å². The van der Waals surface area contributed by atoms with E-state index in [1.54, 1.807) is 42.2 Å². The fourth-order valence-electron chi connectivity index (χ4n) is 8.92. The number of rotatable bonds is 8. The van der Waals surface area contributed by atoms with Crippen LogP contribution in [-0.2, 0) is 9.59 Å². The Morgan fingerprint density at radius 3 is 2.48 bits per heavy atom. The van der Waals surface area contributed by atoms with Crippen molar-refractivity contribution in [3.05, 3.63) is 77.9 Å². The van der Waals surface area contributed by atoms with Crippen molar-refractivity contribution in [3.63, 3.8) is 0 Å². The number of fused-ring (bicyclic) bond motifs is 3. The van der Waals surface area contributed by atoms with E-state index in [0.717, 1.165) is 73.1 Å². The van der Waals surface area contributed by atoms with Gasteiger partial charge in [0.15, 0.2) is 5.65 Å². The number of piperidine rings is 2. The number of carbonyl (C=O) groups is 5. The maximum Gasteiger partial charge on any atom is 0.262 e. The molecule has 2 aromatic carbocycles. The summed E-state index contributed by atoms with van der Waals surface area (Å²) in [6.45, 7) is 1.65. The van der Waals surface area contributed by atoms with Gasteiger partial charge in [-0.1, -0.05) is 0 Å². The minimum atomic E-state index is -0.976. The van der Waals surface area contributed by atoms with Crippen LogP contribution in [-0.4, -0.2) is 109 Å². The van der Waals surface area contributed by atoms with Gasteiger partial charge in [-0.05, 0) is 82.3 Å². The maximum atomic E-state index is 13.4. The molecule has 16 nitrogen and oxygen atoms in total. The molecule has 4 aliphatic rings. The highest BCUT2D eigenvalue weighted by molar-refractivity contribution is 6.23. The van der Waals surface area contributed by atoms with Crippen LogP contribution in [0.5, 0.6) is 5.75 Å². The molecule has 3 aromatic heterocycles. The molecule has 3 aliphatic heterocycles. The summed E-state index contributed by atoms with van der Waals surface area (Å²) in [6.07, 6.45) is 13.2. The summed E-state index contributed by atoms with van der Waals surface area (Å²) >= 11 is 0. The van der Waals surface area contributed by atoms with Gasteiger partial charge in [-0.15, -0.1) is 0 Å². The predicted octanol–water partition coefficient (Wildman–Crippen LogP) is 3.83. The summed E-state index contributed by atoms with van der Waals surface area (Å²) in [4.78, 5) is 74.0. The summed E-state index contributed by atoms with van der Waals surface area (Å²) in [7, 11) is 3.81. The molecule has 16 heteroatoms. The maximum absolute atomic E-state index is 13.4. The first kappa shape index (κ1) is 35.5. The number of anilines is 2. The fourth-order valence-corrected chi connectivity index (χ4v) is 8.92. The second-order valence-electron chi connectivity index (χ2n) is 15.1. The van der Waals surface area contributed by atoms with Crippen LogP contribution in [0.15, 0.2) is 61.2 Å². The Kier molecular flexibility index (Phi) is 8.99. The number of ether oxygens (including phenoxy) is 1. The van der Waals surface area contributed by atoms with Crippen molar-refractivity contribution in [2.24, 2.45) is 0 Å². The Balaban J connectivity index is 0.801. The molecular formula is C40H42N10O6. The van der Waals surface area contributed by atoms with E-state index in [2.05, 4.69) is 48.4 Å². The first-order chi connectivity index (χ1) is 27.2. The number of hydrogen-bond acceptors (Lipinski definition) is 11. The van der Waals surface area contributed by atoms with Crippen molar-refractivity contribution in [1.82, 2.24) is 39.5 Å². The lowest BCUT2D eigenvalue weighted by Gasteiger charge is -2.43. The normalized spacial score (nSPS) is 21.9. The van der Waals surface area contributed by atoms with Crippen LogP contribution < -0.4 is 20.3 Å². The van der Waals surface area contributed by atoms with Gasteiger partial charge in [-0.2, -0.15) is 10.2 Å². The molecule has 2 N–H and O–H groups in total. The molecule has 6 heterocycles. The summed E-state index contributed by atoms with van der Waals surface area (Å²) in [5.41, 5.74) is 3.68. The minimum absolute atomic E-state index is 0.0905. The van der Waals surface area contributed by atoms with E-state index in [0.29, 0.717) is 45.9 Å². The molecule has 1 saturated carbocycles. The average molecular weight is 759 g/mol. The molecular weight excluding hydrogens is 717 g/mol. The Labute approximate surface area is 321 Å². The van der Waals surface area contributed by atoms with Gasteiger partial charge in [-0.25, -0.2) is 9.50 Å². The van der Waals surface area contributed by atoms with Crippen molar-refractivity contribution in [2.45, 2.75) is 75.5 Å². The van der Waals surface area contributed by atoms with Gasteiger partial charge in [0.25, 0.3) is 17.7 Å². The van der Waals surface area contributed by atoms with E-state index in [9.17, 15) is 24.0 Å². The zero-order chi connectivity index (χ0) is 38.7. The number of amides is 5. The Bertz CT molecular complexity index is 2410. The molecule has 1 aliphatic carbocycles. The zero-order valence-electron chi connectivity index (χ0n) is 31.2. The Morgan fingerprint density at radius 2 is 1.71 bits per heavy atom. The SMILES string of the molecule is COc1cc2nn(C3CCC(N(C)C4CCN(c5ccc6c(c5)C(=O)N(C5CCC(=O)NC5=O)C6=O)CC4)CC3)cc2cc1NC(=O)c1cnn2cccnc12. The highest BCUT2D eigenvalue weighted by Gasteiger charge is 2.45.